The molecule has 1 saturated heterocycles. The number of imidazole rings is 1. The number of hydrogen-bond donors (Lipinski definition) is 3. The zero-order valence-corrected chi connectivity index (χ0v) is 17.8. The molecule has 3 aromatic heterocycles. The predicted molar refractivity (Wildman–Crippen MR) is 108 cm³/mol. The summed E-state index contributed by atoms with van der Waals surface area (Å²) < 4.78 is 88.3. The van der Waals surface area contributed by atoms with E-state index in [0.717, 1.165) is 23.4 Å². The van der Waals surface area contributed by atoms with Crippen molar-refractivity contribution in [1.82, 2.24) is 29.9 Å². The van der Waals surface area contributed by atoms with Crippen LogP contribution in [0.5, 0.6) is 0 Å². The largest absolute Gasteiger partial charge is 0.438 e. The molecule has 1 saturated carbocycles. The summed E-state index contributed by atoms with van der Waals surface area (Å²) in [6.45, 7) is -1.75. The van der Waals surface area contributed by atoms with Gasteiger partial charge in [0.1, 0.15) is 11.2 Å². The highest BCUT2D eigenvalue weighted by Crippen LogP contribution is 2.49. The molecule has 17 heteroatoms. The summed E-state index contributed by atoms with van der Waals surface area (Å²) in [6.07, 6.45) is -7.60. The van der Waals surface area contributed by atoms with Crippen molar-refractivity contribution in [1.29, 1.82) is 0 Å². The monoisotopic (exact) mass is 519 g/mol. The van der Waals surface area contributed by atoms with Gasteiger partial charge in [-0.1, -0.05) is 0 Å². The number of carbonyl (C=O) groups is 1. The van der Waals surface area contributed by atoms with Gasteiger partial charge >= 0.3 is 23.9 Å². The second-order valence-corrected chi connectivity index (χ2v) is 8.46. The molecule has 1 unspecified atom stereocenters. The number of rotatable bonds is 4. The first kappa shape index (κ1) is 23.7. The Kier molecular flexibility index (Phi) is 5.08. The lowest BCUT2D eigenvalue weighted by atomic mass is 10.2. The average molecular weight is 519 g/mol. The molecule has 1 atom stereocenters. The normalized spacial score (nSPS) is 20.5. The molecule has 2 aliphatic rings. The fraction of sp³-hybridized carbons (Fsp3) is 0.421. The molecule has 0 spiro atoms. The minimum absolute atomic E-state index is 0.130. The van der Waals surface area contributed by atoms with Crippen LogP contribution in [0.2, 0.25) is 0 Å². The highest BCUT2D eigenvalue weighted by atomic mass is 19.4. The molecule has 1 aliphatic heterocycles. The Hall–Kier alpha value is -4.05. The molecule has 4 heterocycles. The molecule has 0 aromatic carbocycles. The molecular formula is C19H15F6N7O4. The predicted octanol–water partition coefficient (Wildman–Crippen LogP) is 1.56. The number of amides is 1. The number of nitrogens with one attached hydrogen (secondary N) is 3. The van der Waals surface area contributed by atoms with E-state index in [1.54, 1.807) is 5.32 Å². The average Bonchev–Trinajstić information content (AvgIpc) is 3.39. The van der Waals surface area contributed by atoms with Gasteiger partial charge in [-0.3, -0.25) is 9.78 Å². The van der Waals surface area contributed by atoms with Crippen LogP contribution in [0.15, 0.2) is 28.0 Å². The van der Waals surface area contributed by atoms with Crippen molar-refractivity contribution in [3.8, 4) is 11.3 Å². The number of H-pyrrole nitrogens is 2. The molecule has 3 N–H and O–H groups in total. The van der Waals surface area contributed by atoms with Crippen molar-refractivity contribution in [2.24, 2.45) is 0 Å². The van der Waals surface area contributed by atoms with E-state index in [-0.39, 0.29) is 22.6 Å². The van der Waals surface area contributed by atoms with Crippen LogP contribution in [0, 0.1) is 5.95 Å². The van der Waals surface area contributed by atoms with Gasteiger partial charge in [0.15, 0.2) is 11.8 Å². The number of aromatic nitrogens is 5. The van der Waals surface area contributed by atoms with E-state index in [1.807, 2.05) is 4.98 Å². The maximum absolute atomic E-state index is 14.7. The minimum atomic E-state index is -4.76. The number of anilines is 1. The molecule has 0 radical (unpaired) electrons. The first-order chi connectivity index (χ1) is 16.8. The number of hydrogen-bond acceptors (Lipinski definition) is 7. The van der Waals surface area contributed by atoms with Crippen molar-refractivity contribution in [2.75, 3.05) is 18.0 Å². The third-order valence-electron chi connectivity index (χ3n) is 5.98. The number of alkyl carbamates (subject to hydrolysis) is 1. The lowest BCUT2D eigenvalue weighted by Gasteiger charge is -2.23. The smallest absolute Gasteiger partial charge is 0.411 e. The summed E-state index contributed by atoms with van der Waals surface area (Å²) in [5.74, 6) is -4.69. The number of fused-ring (bicyclic) bond motifs is 1. The molecule has 5 rings (SSSR count). The summed E-state index contributed by atoms with van der Waals surface area (Å²) >= 11 is 0. The van der Waals surface area contributed by atoms with E-state index in [4.69, 9.17) is 0 Å². The number of nitrogens with zero attached hydrogens (tertiary/aromatic N) is 4. The summed E-state index contributed by atoms with van der Waals surface area (Å²) in [6, 6.07) is 1.14. The van der Waals surface area contributed by atoms with Crippen molar-refractivity contribution in [2.45, 2.75) is 36.6 Å². The van der Waals surface area contributed by atoms with Gasteiger partial charge in [-0.15, -0.1) is 0 Å². The van der Waals surface area contributed by atoms with Gasteiger partial charge in [0.05, 0.1) is 30.5 Å². The standard InChI is InChI=1S/C19H15F6N7O4/c20-12-5-26-13-10(3-9(30-32(12)13)8-4-27-15(34)28-14(8)33)31-6-11(18(21,22)7-31)36-16(35)29-17(1-2-17)19(23,24)25/h3-5,11H,1-2,6-7H2,(H,29,35)(H2,27,28,33,34). The van der Waals surface area contributed by atoms with E-state index in [0.29, 0.717) is 4.52 Å². The van der Waals surface area contributed by atoms with Crippen LogP contribution in [0.4, 0.5) is 36.8 Å². The lowest BCUT2D eigenvalue weighted by molar-refractivity contribution is -0.165. The maximum atomic E-state index is 14.7. The Labute approximate surface area is 195 Å². The van der Waals surface area contributed by atoms with Gasteiger partial charge in [-0.25, -0.2) is 23.4 Å². The van der Waals surface area contributed by atoms with Crippen LogP contribution >= 0.6 is 0 Å². The minimum Gasteiger partial charge on any atom is -0.438 e. The SMILES string of the molecule is O=C(NC1(C(F)(F)F)CC1)OC1CN(c2cc(-c3c[nH]c(=O)[nH]c3=O)nn3c(F)cnc23)CC1(F)F. The quantitative estimate of drug-likeness (QED) is 0.445. The summed E-state index contributed by atoms with van der Waals surface area (Å²) in [4.78, 5) is 44.5. The third kappa shape index (κ3) is 3.93. The number of aromatic amines is 2. The van der Waals surface area contributed by atoms with E-state index in [2.05, 4.69) is 19.8 Å². The fourth-order valence-corrected chi connectivity index (χ4v) is 3.91. The fourth-order valence-electron chi connectivity index (χ4n) is 3.91. The van der Waals surface area contributed by atoms with Gasteiger partial charge < -0.3 is 19.9 Å². The Balaban J connectivity index is 1.45. The van der Waals surface area contributed by atoms with Crippen LogP contribution < -0.4 is 21.5 Å². The molecule has 11 nitrogen and oxygen atoms in total. The second-order valence-electron chi connectivity index (χ2n) is 8.46. The number of alkyl halides is 5. The van der Waals surface area contributed by atoms with Crippen LogP contribution in [-0.2, 0) is 4.74 Å². The Bertz CT molecular complexity index is 1480. The van der Waals surface area contributed by atoms with Gasteiger partial charge in [-0.05, 0) is 18.9 Å². The van der Waals surface area contributed by atoms with Gasteiger partial charge in [0, 0.05) is 6.20 Å². The second kappa shape index (κ2) is 7.72. The number of carbonyl (C=O) groups excluding carboxylic acids is 1. The van der Waals surface area contributed by atoms with Crippen molar-refractivity contribution in [3.63, 3.8) is 0 Å². The van der Waals surface area contributed by atoms with E-state index in [9.17, 15) is 40.7 Å². The number of halogens is 6. The van der Waals surface area contributed by atoms with Crippen LogP contribution in [0.25, 0.3) is 16.9 Å². The molecule has 0 bridgehead atoms. The Morgan fingerprint density at radius 2 is 1.97 bits per heavy atom. The number of ether oxygens (including phenoxy) is 1. The highest BCUT2D eigenvalue weighted by molar-refractivity contribution is 5.75. The lowest BCUT2D eigenvalue weighted by Crippen LogP contribution is -2.50. The first-order valence-corrected chi connectivity index (χ1v) is 10.3. The van der Waals surface area contributed by atoms with E-state index >= 15 is 0 Å². The van der Waals surface area contributed by atoms with Crippen LogP contribution in [-0.4, -0.2) is 67.5 Å². The van der Waals surface area contributed by atoms with Crippen LogP contribution in [0.3, 0.4) is 0 Å². The third-order valence-corrected chi connectivity index (χ3v) is 5.98. The first-order valence-electron chi connectivity index (χ1n) is 10.3. The molecule has 3 aromatic rings. The Morgan fingerprint density at radius 3 is 2.61 bits per heavy atom. The summed E-state index contributed by atoms with van der Waals surface area (Å²) in [5, 5.41) is 5.54. The van der Waals surface area contributed by atoms with Crippen molar-refractivity contribution >= 4 is 17.4 Å². The van der Waals surface area contributed by atoms with E-state index in [1.165, 1.54) is 0 Å². The van der Waals surface area contributed by atoms with Gasteiger partial charge in [0.2, 0.25) is 5.95 Å². The summed E-state index contributed by atoms with van der Waals surface area (Å²) in [5.41, 5.74) is -4.98. The molecule has 2 fully saturated rings. The molecule has 1 amide bonds. The maximum Gasteiger partial charge on any atom is 0.411 e. The van der Waals surface area contributed by atoms with Gasteiger partial charge in [-0.2, -0.15) is 27.2 Å². The van der Waals surface area contributed by atoms with Gasteiger partial charge in [0.25, 0.3) is 5.56 Å². The molecular weight excluding hydrogens is 504 g/mol. The van der Waals surface area contributed by atoms with Crippen molar-refractivity contribution in [3.05, 3.63) is 45.2 Å². The zero-order chi connectivity index (χ0) is 26.0. The van der Waals surface area contributed by atoms with Crippen LogP contribution in [0.1, 0.15) is 12.8 Å². The zero-order valence-electron chi connectivity index (χ0n) is 17.8. The Morgan fingerprint density at radius 1 is 1.25 bits per heavy atom. The molecule has 36 heavy (non-hydrogen) atoms. The van der Waals surface area contributed by atoms with Crippen molar-refractivity contribution < 1.29 is 35.9 Å². The molecule has 192 valence electrons. The summed E-state index contributed by atoms with van der Waals surface area (Å²) in [7, 11) is 0. The molecule has 1 aliphatic carbocycles. The van der Waals surface area contributed by atoms with E-state index < -0.39 is 73.0 Å². The highest BCUT2D eigenvalue weighted by Gasteiger charge is 2.65. The topological polar surface area (TPSA) is 137 Å².